The maximum absolute atomic E-state index is 10.8. The van der Waals surface area contributed by atoms with Gasteiger partial charge in [0.2, 0.25) is 5.75 Å². The van der Waals surface area contributed by atoms with Crippen LogP contribution in [0.4, 0.5) is 5.69 Å². The third-order valence-corrected chi connectivity index (χ3v) is 2.65. The predicted octanol–water partition coefficient (Wildman–Crippen LogP) is 3.39. The molecule has 0 saturated carbocycles. The number of aromatic nitrogens is 1. The number of pyridine rings is 1. The van der Waals surface area contributed by atoms with Gasteiger partial charge in [-0.05, 0) is 40.8 Å². The van der Waals surface area contributed by atoms with Crippen LogP contribution < -0.4 is 4.74 Å². The van der Waals surface area contributed by atoms with E-state index in [0.29, 0.717) is 5.75 Å². The lowest BCUT2D eigenvalue weighted by Gasteiger charge is -2.05. The van der Waals surface area contributed by atoms with Crippen molar-refractivity contribution in [1.82, 2.24) is 4.98 Å². The first-order chi connectivity index (χ1) is 8.16. The van der Waals surface area contributed by atoms with Crippen molar-refractivity contribution < 1.29 is 9.66 Å². The lowest BCUT2D eigenvalue weighted by Crippen LogP contribution is -1.94. The summed E-state index contributed by atoms with van der Waals surface area (Å²) in [5.41, 5.74) is -0.147. The first-order valence-electron chi connectivity index (χ1n) is 4.68. The predicted molar refractivity (Wildman–Crippen MR) is 70.1 cm³/mol. The van der Waals surface area contributed by atoms with Gasteiger partial charge in [0.1, 0.15) is 11.9 Å². The molecular formula is C11H7IN2O3. The maximum atomic E-state index is 10.8. The average molecular weight is 342 g/mol. The number of ether oxygens (including phenoxy) is 1. The highest BCUT2D eigenvalue weighted by molar-refractivity contribution is 14.1. The summed E-state index contributed by atoms with van der Waals surface area (Å²) in [5, 5.41) is 10.8. The molecule has 6 heteroatoms. The van der Waals surface area contributed by atoms with E-state index < -0.39 is 4.92 Å². The molecule has 0 fully saturated rings. The van der Waals surface area contributed by atoms with E-state index in [1.807, 2.05) is 12.1 Å². The van der Waals surface area contributed by atoms with Crippen LogP contribution in [0.2, 0.25) is 0 Å². The highest BCUT2D eigenvalue weighted by Crippen LogP contribution is 2.30. The Balaban J connectivity index is 2.33. The highest BCUT2D eigenvalue weighted by atomic mass is 127. The molecule has 0 atom stereocenters. The Kier molecular flexibility index (Phi) is 3.52. The summed E-state index contributed by atoms with van der Waals surface area (Å²) < 4.78 is 6.46. The largest absolute Gasteiger partial charge is 0.450 e. The van der Waals surface area contributed by atoms with Crippen LogP contribution in [0.5, 0.6) is 11.5 Å². The second-order valence-electron chi connectivity index (χ2n) is 3.16. The van der Waals surface area contributed by atoms with Gasteiger partial charge in [-0.2, -0.15) is 0 Å². The number of hydrogen-bond acceptors (Lipinski definition) is 4. The van der Waals surface area contributed by atoms with E-state index in [2.05, 4.69) is 27.6 Å². The number of nitro groups is 1. The van der Waals surface area contributed by atoms with Gasteiger partial charge in [-0.25, -0.2) is 0 Å². The standard InChI is InChI=1S/C11H7IN2O3/c12-8-2-1-3-9(6-8)17-11-4-5-13-7-10(11)14(15)16/h1-7H. The Labute approximate surface area is 111 Å². The van der Waals surface area contributed by atoms with Crippen LogP contribution in [-0.4, -0.2) is 9.91 Å². The highest BCUT2D eigenvalue weighted by Gasteiger charge is 2.15. The normalized spacial score (nSPS) is 9.94. The van der Waals surface area contributed by atoms with Gasteiger partial charge in [-0.15, -0.1) is 0 Å². The lowest BCUT2D eigenvalue weighted by molar-refractivity contribution is -0.386. The molecule has 2 aromatic rings. The molecule has 1 aromatic heterocycles. The van der Waals surface area contributed by atoms with Crippen molar-refractivity contribution in [3.63, 3.8) is 0 Å². The van der Waals surface area contributed by atoms with E-state index in [9.17, 15) is 10.1 Å². The second kappa shape index (κ2) is 5.09. The Morgan fingerprint density at radius 1 is 1.35 bits per heavy atom. The third kappa shape index (κ3) is 2.90. The number of hydrogen-bond donors (Lipinski definition) is 0. The van der Waals surface area contributed by atoms with E-state index in [-0.39, 0.29) is 11.4 Å². The summed E-state index contributed by atoms with van der Waals surface area (Å²) in [4.78, 5) is 13.9. The molecule has 1 heterocycles. The van der Waals surface area contributed by atoms with Crippen LogP contribution in [0.25, 0.3) is 0 Å². The van der Waals surface area contributed by atoms with Gasteiger partial charge in [0, 0.05) is 15.8 Å². The molecular weight excluding hydrogens is 335 g/mol. The molecule has 0 aliphatic heterocycles. The summed E-state index contributed by atoms with van der Waals surface area (Å²) in [6, 6.07) is 8.74. The third-order valence-electron chi connectivity index (χ3n) is 1.98. The van der Waals surface area contributed by atoms with Gasteiger partial charge in [0.15, 0.2) is 0 Å². The zero-order valence-corrected chi connectivity index (χ0v) is 10.7. The van der Waals surface area contributed by atoms with Crippen molar-refractivity contribution in [1.29, 1.82) is 0 Å². The molecule has 0 unspecified atom stereocenters. The van der Waals surface area contributed by atoms with Gasteiger partial charge in [0.05, 0.1) is 4.92 Å². The Bertz CT molecular complexity index is 560. The quantitative estimate of drug-likeness (QED) is 0.487. The number of benzene rings is 1. The number of halogens is 1. The zero-order chi connectivity index (χ0) is 12.3. The zero-order valence-electron chi connectivity index (χ0n) is 8.54. The molecule has 0 aliphatic carbocycles. The molecule has 0 bridgehead atoms. The van der Waals surface area contributed by atoms with Crippen LogP contribution in [0.3, 0.4) is 0 Å². The van der Waals surface area contributed by atoms with Gasteiger partial charge >= 0.3 is 5.69 Å². The first kappa shape index (κ1) is 11.8. The van der Waals surface area contributed by atoms with Gasteiger partial charge < -0.3 is 4.74 Å². The molecule has 0 aliphatic rings. The van der Waals surface area contributed by atoms with Crippen LogP contribution in [0.1, 0.15) is 0 Å². The summed E-state index contributed by atoms with van der Waals surface area (Å²) in [5.74, 6) is 0.748. The van der Waals surface area contributed by atoms with Crippen molar-refractivity contribution >= 4 is 28.3 Å². The Morgan fingerprint density at radius 2 is 2.18 bits per heavy atom. The molecule has 0 spiro atoms. The van der Waals surface area contributed by atoms with Crippen molar-refractivity contribution in [2.24, 2.45) is 0 Å². The molecule has 0 radical (unpaired) electrons. The van der Waals surface area contributed by atoms with Gasteiger partial charge in [-0.3, -0.25) is 15.1 Å². The molecule has 2 rings (SSSR count). The molecule has 0 amide bonds. The summed E-state index contributed by atoms with van der Waals surface area (Å²) in [7, 11) is 0. The summed E-state index contributed by atoms with van der Waals surface area (Å²) >= 11 is 2.14. The van der Waals surface area contributed by atoms with Crippen molar-refractivity contribution in [2.45, 2.75) is 0 Å². The average Bonchev–Trinajstić information content (AvgIpc) is 2.29. The number of rotatable bonds is 3. The monoisotopic (exact) mass is 342 g/mol. The fourth-order valence-corrected chi connectivity index (χ4v) is 1.77. The lowest BCUT2D eigenvalue weighted by atomic mass is 10.3. The Morgan fingerprint density at radius 3 is 2.88 bits per heavy atom. The molecule has 0 N–H and O–H groups in total. The Hall–Kier alpha value is -1.70. The SMILES string of the molecule is O=[N+]([O-])c1cnccc1Oc1cccc(I)c1. The minimum absolute atomic E-state index is 0.147. The van der Waals surface area contributed by atoms with E-state index in [1.54, 1.807) is 12.1 Å². The fourth-order valence-electron chi connectivity index (χ4n) is 1.25. The van der Waals surface area contributed by atoms with E-state index >= 15 is 0 Å². The first-order valence-corrected chi connectivity index (χ1v) is 5.76. The van der Waals surface area contributed by atoms with Crippen LogP contribution in [-0.2, 0) is 0 Å². The molecule has 86 valence electrons. The van der Waals surface area contributed by atoms with Gasteiger partial charge in [-0.1, -0.05) is 6.07 Å². The summed E-state index contributed by atoms with van der Waals surface area (Å²) in [6.45, 7) is 0. The second-order valence-corrected chi connectivity index (χ2v) is 4.41. The van der Waals surface area contributed by atoms with E-state index in [0.717, 1.165) is 3.57 Å². The minimum atomic E-state index is -0.518. The van der Waals surface area contributed by atoms with Crippen LogP contribution in [0, 0.1) is 13.7 Å². The van der Waals surface area contributed by atoms with Crippen molar-refractivity contribution in [2.75, 3.05) is 0 Å². The molecule has 5 nitrogen and oxygen atoms in total. The van der Waals surface area contributed by atoms with E-state index in [1.165, 1.54) is 18.5 Å². The topological polar surface area (TPSA) is 65.3 Å². The van der Waals surface area contributed by atoms with E-state index in [4.69, 9.17) is 4.74 Å². The van der Waals surface area contributed by atoms with Gasteiger partial charge in [0.25, 0.3) is 0 Å². The maximum Gasteiger partial charge on any atom is 0.329 e. The smallest absolute Gasteiger partial charge is 0.329 e. The molecule has 17 heavy (non-hydrogen) atoms. The minimum Gasteiger partial charge on any atom is -0.450 e. The van der Waals surface area contributed by atoms with Crippen LogP contribution >= 0.6 is 22.6 Å². The number of nitrogens with zero attached hydrogens (tertiary/aromatic N) is 2. The van der Waals surface area contributed by atoms with Crippen LogP contribution in [0.15, 0.2) is 42.7 Å². The fraction of sp³-hybridized carbons (Fsp3) is 0. The summed E-state index contributed by atoms with van der Waals surface area (Å²) in [6.07, 6.45) is 2.62. The molecule has 0 saturated heterocycles. The molecule has 1 aromatic carbocycles. The van der Waals surface area contributed by atoms with Crippen molar-refractivity contribution in [3.8, 4) is 11.5 Å². The van der Waals surface area contributed by atoms with Crippen molar-refractivity contribution in [3.05, 3.63) is 56.4 Å².